The molecule has 2 atom stereocenters. The van der Waals surface area contributed by atoms with Crippen LogP contribution in [0.4, 0.5) is 13.2 Å². The van der Waals surface area contributed by atoms with Crippen molar-refractivity contribution in [2.75, 3.05) is 0 Å². The summed E-state index contributed by atoms with van der Waals surface area (Å²) in [6.07, 6.45) is 4.88. The molecular weight excluding hydrogens is 608 g/mol. The van der Waals surface area contributed by atoms with E-state index >= 15 is 0 Å². The Bertz CT molecular complexity index is 1520. The van der Waals surface area contributed by atoms with Crippen LogP contribution in [-0.2, 0) is 31.3 Å². The highest BCUT2D eigenvalue weighted by atomic mass is 32.2. The largest absolute Gasteiger partial charge is 0.534 e. The first kappa shape index (κ1) is 33.4. The smallest absolute Gasteiger partial charge is 0.410 e. The molecule has 1 fully saturated rings. The molecule has 3 aliphatic rings. The van der Waals surface area contributed by atoms with Crippen molar-refractivity contribution in [3.05, 3.63) is 57.9 Å². The maximum Gasteiger partial charge on any atom is 0.534 e. The average Bonchev–Trinajstić information content (AvgIpc) is 3.46. The number of hydrogen-bond donors (Lipinski definition) is 0. The van der Waals surface area contributed by atoms with Crippen LogP contribution < -0.4 is 4.18 Å². The summed E-state index contributed by atoms with van der Waals surface area (Å²) >= 11 is 0. The van der Waals surface area contributed by atoms with E-state index in [1.807, 2.05) is 0 Å². The van der Waals surface area contributed by atoms with Gasteiger partial charge >= 0.3 is 15.6 Å². The molecule has 2 aliphatic carbocycles. The van der Waals surface area contributed by atoms with Crippen LogP contribution in [0.15, 0.2) is 24.3 Å². The van der Waals surface area contributed by atoms with E-state index in [4.69, 9.17) is 14.1 Å². The minimum Gasteiger partial charge on any atom is -0.410 e. The van der Waals surface area contributed by atoms with Gasteiger partial charge in [0.25, 0.3) is 0 Å². The highest BCUT2D eigenvalue weighted by molar-refractivity contribution is 7.88. The monoisotopic (exact) mass is 653 g/mol. The van der Waals surface area contributed by atoms with E-state index in [9.17, 15) is 21.6 Å². The maximum absolute atomic E-state index is 12.9. The van der Waals surface area contributed by atoms with E-state index in [2.05, 4.69) is 65.7 Å². The molecule has 0 saturated heterocycles. The molecule has 11 heteroatoms. The number of benzene rings is 1. The first-order chi connectivity index (χ1) is 20.1. The minimum atomic E-state index is -5.77. The third-order valence-corrected chi connectivity index (χ3v) is 15.5. The third-order valence-electron chi connectivity index (χ3n) is 10.0. The zero-order valence-electron chi connectivity index (χ0n) is 27.3. The number of alkyl halides is 3. The number of ether oxygens (including phenoxy) is 1. The molecule has 0 amide bonds. The Hall–Kier alpha value is -1.95. The fraction of sp³-hybridized carbons (Fsp3) is 0.667. The lowest BCUT2D eigenvalue weighted by Crippen LogP contribution is -2.44. The molecule has 2 heterocycles. The Balaban J connectivity index is 1.68. The average molecular weight is 654 g/mol. The van der Waals surface area contributed by atoms with Crippen molar-refractivity contribution >= 4 is 18.4 Å². The highest BCUT2D eigenvalue weighted by Gasteiger charge is 2.54. The molecule has 2 aromatic rings. The second-order valence-electron chi connectivity index (χ2n) is 15.5. The van der Waals surface area contributed by atoms with E-state index in [0.717, 1.165) is 55.5 Å². The van der Waals surface area contributed by atoms with Crippen LogP contribution in [0.3, 0.4) is 0 Å². The lowest BCUT2D eigenvalue weighted by Gasteiger charge is -2.45. The molecular formula is C33H46F3NO5SSi. The fourth-order valence-corrected chi connectivity index (χ4v) is 8.61. The topological polar surface area (TPSA) is 74.7 Å². The SMILES string of the molecule is CC(C)c1nc2c(c3c1[C@@H](c1ccc(OS(=O)(=O)C(F)(F)F)cc1)OC31CCCC1)C(O[Si](C)(C)C(C)(C)C)CC(C)(C)C2. The van der Waals surface area contributed by atoms with E-state index in [1.165, 1.54) is 23.3 Å². The first-order valence-electron chi connectivity index (χ1n) is 15.6. The number of nitrogens with zero attached hydrogens (tertiary/aromatic N) is 1. The second kappa shape index (κ2) is 10.8. The second-order valence-corrected chi connectivity index (χ2v) is 21.8. The van der Waals surface area contributed by atoms with Gasteiger partial charge in [-0.15, -0.1) is 0 Å². The summed E-state index contributed by atoms with van der Waals surface area (Å²) in [4.78, 5) is 5.37. The molecule has 6 nitrogen and oxygen atoms in total. The van der Waals surface area contributed by atoms with Gasteiger partial charge in [0, 0.05) is 22.5 Å². The van der Waals surface area contributed by atoms with Gasteiger partial charge in [0.05, 0.1) is 11.7 Å². The molecule has 1 spiro atoms. The summed E-state index contributed by atoms with van der Waals surface area (Å²) in [5, 5.41) is 0.0245. The first-order valence-corrected chi connectivity index (χ1v) is 19.9. The van der Waals surface area contributed by atoms with E-state index < -0.39 is 41.4 Å². The van der Waals surface area contributed by atoms with Crippen molar-refractivity contribution in [1.29, 1.82) is 0 Å². The van der Waals surface area contributed by atoms with Gasteiger partial charge in [0.2, 0.25) is 0 Å². The maximum atomic E-state index is 12.9. The Kier molecular flexibility index (Phi) is 8.21. The van der Waals surface area contributed by atoms with Crippen LogP contribution in [0.2, 0.25) is 18.1 Å². The van der Waals surface area contributed by atoms with Gasteiger partial charge in [-0.1, -0.05) is 73.4 Å². The standard InChI is InChI=1S/C33H46F3NO5SSi/c1-20(2)28-26-27(25-23(37-28)18-31(6,7)19-24(25)42-44(8,9)30(3,4)5)32(16-10-11-17-32)40-29(26)21-12-14-22(15-13-21)41-43(38,39)33(34,35)36/h12-15,20,24,29H,10-11,16-19H2,1-9H3/t24?,29-/m1/s1. The molecule has 0 radical (unpaired) electrons. The van der Waals surface area contributed by atoms with E-state index in [-0.39, 0.29) is 22.5 Å². The van der Waals surface area contributed by atoms with Crippen molar-refractivity contribution < 1.29 is 34.9 Å². The predicted octanol–water partition coefficient (Wildman–Crippen LogP) is 9.36. The Labute approximate surface area is 261 Å². The molecule has 1 aromatic carbocycles. The minimum absolute atomic E-state index is 0.00377. The quantitative estimate of drug-likeness (QED) is 0.176. The molecule has 1 unspecified atom stereocenters. The summed E-state index contributed by atoms with van der Waals surface area (Å²) in [5.41, 5.74) is 0.158. The van der Waals surface area contributed by atoms with Gasteiger partial charge in [-0.25, -0.2) is 0 Å². The normalized spacial score (nSPS) is 23.2. The molecule has 244 valence electrons. The summed E-state index contributed by atoms with van der Waals surface area (Å²) in [6, 6.07) is 5.71. The predicted molar refractivity (Wildman–Crippen MR) is 167 cm³/mol. The lowest BCUT2D eigenvalue weighted by atomic mass is 9.70. The van der Waals surface area contributed by atoms with Crippen LogP contribution in [0.25, 0.3) is 0 Å². The van der Waals surface area contributed by atoms with E-state index in [1.54, 1.807) is 12.1 Å². The summed E-state index contributed by atoms with van der Waals surface area (Å²) < 4.78 is 80.7. The molecule has 0 N–H and O–H groups in total. The Morgan fingerprint density at radius 1 is 1.02 bits per heavy atom. The highest BCUT2D eigenvalue weighted by Crippen LogP contribution is 2.60. The zero-order valence-corrected chi connectivity index (χ0v) is 29.1. The lowest BCUT2D eigenvalue weighted by molar-refractivity contribution is -0.0579. The Morgan fingerprint density at radius 2 is 1.61 bits per heavy atom. The number of pyridine rings is 1. The van der Waals surface area contributed by atoms with Gasteiger partial charge in [0.1, 0.15) is 11.9 Å². The Morgan fingerprint density at radius 3 is 2.14 bits per heavy atom. The summed E-state index contributed by atoms with van der Waals surface area (Å²) in [6.45, 7) is 20.2. The summed E-state index contributed by atoms with van der Waals surface area (Å²) in [5.74, 6) is -0.307. The number of aromatic nitrogens is 1. The molecule has 1 aromatic heterocycles. The number of rotatable bonds is 6. The molecule has 1 aliphatic heterocycles. The van der Waals surface area contributed by atoms with E-state index in [0.29, 0.717) is 5.56 Å². The van der Waals surface area contributed by atoms with Crippen LogP contribution >= 0.6 is 0 Å². The van der Waals surface area contributed by atoms with Crippen LogP contribution in [0.5, 0.6) is 5.75 Å². The molecule has 1 saturated carbocycles. The van der Waals surface area contributed by atoms with Crippen molar-refractivity contribution in [1.82, 2.24) is 4.98 Å². The molecule has 5 rings (SSSR count). The van der Waals surface area contributed by atoms with Gasteiger partial charge in [0.15, 0.2) is 8.32 Å². The zero-order chi connectivity index (χ0) is 32.7. The van der Waals surface area contributed by atoms with Crippen molar-refractivity contribution in [3.63, 3.8) is 0 Å². The van der Waals surface area contributed by atoms with Crippen LogP contribution in [0, 0.1) is 5.41 Å². The van der Waals surface area contributed by atoms with Gasteiger partial charge < -0.3 is 13.3 Å². The van der Waals surface area contributed by atoms with Crippen LogP contribution in [-0.4, -0.2) is 27.2 Å². The van der Waals surface area contributed by atoms with Gasteiger partial charge in [-0.3, -0.25) is 4.98 Å². The van der Waals surface area contributed by atoms with Gasteiger partial charge in [-0.05, 0) is 78.4 Å². The van der Waals surface area contributed by atoms with Crippen molar-refractivity contribution in [3.8, 4) is 5.75 Å². The third kappa shape index (κ3) is 5.86. The summed E-state index contributed by atoms with van der Waals surface area (Å²) in [7, 11) is -7.95. The number of fused-ring (bicyclic) bond motifs is 4. The number of hydrogen-bond acceptors (Lipinski definition) is 6. The molecule has 44 heavy (non-hydrogen) atoms. The number of halogens is 3. The van der Waals surface area contributed by atoms with Crippen LogP contribution in [0.1, 0.15) is 132 Å². The fourth-order valence-electron chi connectivity index (χ4n) is 6.89. The van der Waals surface area contributed by atoms with Crippen molar-refractivity contribution in [2.24, 2.45) is 5.41 Å². The van der Waals surface area contributed by atoms with Gasteiger partial charge in [-0.2, -0.15) is 21.6 Å². The van der Waals surface area contributed by atoms with Crippen molar-refractivity contribution in [2.45, 2.75) is 134 Å². The molecule has 0 bridgehead atoms.